The molecule has 0 fully saturated rings. The van der Waals surface area contributed by atoms with E-state index in [-0.39, 0.29) is 25.0 Å². The Kier molecular flexibility index (Phi) is 7.25. The van der Waals surface area contributed by atoms with E-state index in [0.29, 0.717) is 18.8 Å². The first-order valence-electron chi connectivity index (χ1n) is 6.49. The predicted molar refractivity (Wildman–Crippen MR) is 81.5 cm³/mol. The molecule has 0 radical (unpaired) electrons. The van der Waals surface area contributed by atoms with Crippen LogP contribution in [-0.4, -0.2) is 43.0 Å². The summed E-state index contributed by atoms with van der Waals surface area (Å²) in [5, 5.41) is 2.80. The van der Waals surface area contributed by atoms with Crippen molar-refractivity contribution in [2.75, 3.05) is 31.6 Å². The number of benzene rings is 1. The Labute approximate surface area is 127 Å². The van der Waals surface area contributed by atoms with Gasteiger partial charge in [-0.3, -0.25) is 14.5 Å². The second-order valence-electron chi connectivity index (χ2n) is 4.14. The summed E-state index contributed by atoms with van der Waals surface area (Å²) in [7, 11) is 0. The third-order valence-corrected chi connectivity index (χ3v) is 3.31. The predicted octanol–water partition coefficient (Wildman–Crippen LogP) is 2.27. The number of carbonyl (C=O) groups excluding carboxylic acids is 2. The highest BCUT2D eigenvalue weighted by Gasteiger charge is 2.14. The Balaban J connectivity index is 2.51. The average molecular weight is 343 g/mol. The topological polar surface area (TPSA) is 58.6 Å². The number of likely N-dealkylation sites (N-methyl/N-ethyl adjacent to an activating group) is 1. The summed E-state index contributed by atoms with van der Waals surface area (Å²) in [6.07, 6.45) is 0. The molecule has 0 bridgehead atoms. The second-order valence-corrected chi connectivity index (χ2v) is 4.99. The maximum Gasteiger partial charge on any atom is 0.320 e. The number of nitrogens with zero attached hydrogens (tertiary/aromatic N) is 1. The second kappa shape index (κ2) is 8.71. The molecule has 5 nitrogen and oxygen atoms in total. The minimum Gasteiger partial charge on any atom is -0.465 e. The van der Waals surface area contributed by atoms with Crippen LogP contribution in [0.4, 0.5) is 5.69 Å². The number of para-hydroxylation sites is 1. The first-order valence-corrected chi connectivity index (χ1v) is 7.28. The fraction of sp³-hybridized carbons (Fsp3) is 0.429. The molecular formula is C14H19BrN2O3. The van der Waals surface area contributed by atoms with E-state index >= 15 is 0 Å². The monoisotopic (exact) mass is 342 g/mol. The average Bonchev–Trinajstić information content (AvgIpc) is 2.41. The number of amides is 1. The summed E-state index contributed by atoms with van der Waals surface area (Å²) in [5.41, 5.74) is 0.713. The number of hydrogen-bond donors (Lipinski definition) is 1. The molecule has 0 saturated heterocycles. The molecule has 0 atom stereocenters. The van der Waals surface area contributed by atoms with Crippen LogP contribution < -0.4 is 5.32 Å². The largest absolute Gasteiger partial charge is 0.465 e. The third-order valence-electron chi connectivity index (χ3n) is 2.62. The third kappa shape index (κ3) is 5.71. The first kappa shape index (κ1) is 16.7. The SMILES string of the molecule is CCOC(=O)CN(CC)CC(=O)Nc1ccccc1Br. The van der Waals surface area contributed by atoms with Crippen molar-refractivity contribution in [3.8, 4) is 0 Å². The quantitative estimate of drug-likeness (QED) is 0.772. The van der Waals surface area contributed by atoms with Gasteiger partial charge in [0.15, 0.2) is 0 Å². The van der Waals surface area contributed by atoms with Gasteiger partial charge in [0, 0.05) is 4.47 Å². The van der Waals surface area contributed by atoms with Crippen LogP contribution in [0.15, 0.2) is 28.7 Å². The highest BCUT2D eigenvalue weighted by molar-refractivity contribution is 9.10. The summed E-state index contributed by atoms with van der Waals surface area (Å²) < 4.78 is 5.69. The van der Waals surface area contributed by atoms with Crippen LogP contribution in [0.2, 0.25) is 0 Å². The highest BCUT2D eigenvalue weighted by atomic mass is 79.9. The molecule has 1 amide bonds. The van der Waals surface area contributed by atoms with E-state index in [1.165, 1.54) is 0 Å². The zero-order chi connectivity index (χ0) is 15.0. The molecule has 0 aromatic heterocycles. The van der Waals surface area contributed by atoms with Gasteiger partial charge >= 0.3 is 5.97 Å². The molecule has 0 aliphatic rings. The molecule has 0 aliphatic heterocycles. The zero-order valence-corrected chi connectivity index (χ0v) is 13.3. The summed E-state index contributed by atoms with van der Waals surface area (Å²) in [5.74, 6) is -0.480. The van der Waals surface area contributed by atoms with Gasteiger partial charge in [0.05, 0.1) is 25.4 Å². The van der Waals surface area contributed by atoms with E-state index in [1.807, 2.05) is 31.2 Å². The number of hydrogen-bond acceptors (Lipinski definition) is 4. The van der Waals surface area contributed by atoms with Gasteiger partial charge in [0.2, 0.25) is 5.91 Å². The van der Waals surface area contributed by atoms with Gasteiger partial charge in [0.1, 0.15) is 0 Å². The van der Waals surface area contributed by atoms with Gasteiger partial charge in [-0.25, -0.2) is 0 Å². The standard InChI is InChI=1S/C14H19BrN2O3/c1-3-17(10-14(19)20-4-2)9-13(18)16-12-8-6-5-7-11(12)15/h5-8H,3-4,9-10H2,1-2H3,(H,16,18). The molecule has 6 heteroatoms. The number of esters is 1. The van der Waals surface area contributed by atoms with Gasteiger partial charge in [-0.15, -0.1) is 0 Å². The molecular weight excluding hydrogens is 324 g/mol. The van der Waals surface area contributed by atoms with Crippen molar-refractivity contribution in [2.45, 2.75) is 13.8 Å². The number of nitrogens with one attached hydrogen (secondary N) is 1. The van der Waals surface area contributed by atoms with Crippen molar-refractivity contribution in [2.24, 2.45) is 0 Å². The van der Waals surface area contributed by atoms with E-state index in [0.717, 1.165) is 4.47 Å². The lowest BCUT2D eigenvalue weighted by molar-refractivity contribution is -0.144. The summed E-state index contributed by atoms with van der Waals surface area (Å²) in [4.78, 5) is 25.1. The van der Waals surface area contributed by atoms with Crippen LogP contribution in [0.1, 0.15) is 13.8 Å². The van der Waals surface area contributed by atoms with Crippen molar-refractivity contribution in [3.63, 3.8) is 0 Å². The Morgan fingerprint density at radius 2 is 1.95 bits per heavy atom. The molecule has 0 spiro atoms. The molecule has 0 aliphatic carbocycles. The number of anilines is 1. The van der Waals surface area contributed by atoms with E-state index in [2.05, 4.69) is 21.2 Å². The lowest BCUT2D eigenvalue weighted by Crippen LogP contribution is -2.37. The van der Waals surface area contributed by atoms with E-state index in [9.17, 15) is 9.59 Å². The van der Waals surface area contributed by atoms with E-state index < -0.39 is 0 Å². The summed E-state index contributed by atoms with van der Waals surface area (Å²) in [6, 6.07) is 7.38. The minimum atomic E-state index is -0.317. The Morgan fingerprint density at radius 1 is 1.25 bits per heavy atom. The van der Waals surface area contributed by atoms with Gasteiger partial charge < -0.3 is 10.1 Å². The van der Waals surface area contributed by atoms with E-state index in [1.54, 1.807) is 11.8 Å². The number of rotatable bonds is 7. The van der Waals surface area contributed by atoms with Crippen molar-refractivity contribution >= 4 is 33.5 Å². The molecule has 0 unspecified atom stereocenters. The number of carbonyl (C=O) groups is 2. The van der Waals surface area contributed by atoms with Gasteiger partial charge in [0.25, 0.3) is 0 Å². The molecule has 20 heavy (non-hydrogen) atoms. The van der Waals surface area contributed by atoms with Crippen LogP contribution in [0.5, 0.6) is 0 Å². The number of halogens is 1. The Hall–Kier alpha value is -1.40. The van der Waals surface area contributed by atoms with Crippen LogP contribution in [-0.2, 0) is 14.3 Å². The van der Waals surface area contributed by atoms with Gasteiger partial charge in [-0.05, 0) is 41.5 Å². The summed E-state index contributed by atoms with van der Waals surface area (Å²) in [6.45, 7) is 4.87. The molecule has 1 N–H and O–H groups in total. The van der Waals surface area contributed by atoms with Crippen molar-refractivity contribution in [3.05, 3.63) is 28.7 Å². The Morgan fingerprint density at radius 3 is 2.55 bits per heavy atom. The van der Waals surface area contributed by atoms with Crippen LogP contribution in [0.25, 0.3) is 0 Å². The fourth-order valence-corrected chi connectivity index (χ4v) is 2.01. The minimum absolute atomic E-state index is 0.119. The molecule has 1 rings (SSSR count). The zero-order valence-electron chi connectivity index (χ0n) is 11.7. The first-order chi connectivity index (χ1) is 9.56. The van der Waals surface area contributed by atoms with Gasteiger partial charge in [-0.1, -0.05) is 19.1 Å². The highest BCUT2D eigenvalue weighted by Crippen LogP contribution is 2.20. The maximum absolute atomic E-state index is 11.9. The Bertz CT molecular complexity index is 465. The summed E-state index contributed by atoms with van der Waals surface area (Å²) >= 11 is 3.37. The van der Waals surface area contributed by atoms with Gasteiger partial charge in [-0.2, -0.15) is 0 Å². The van der Waals surface area contributed by atoms with Crippen molar-refractivity contribution in [1.82, 2.24) is 4.90 Å². The molecule has 0 saturated carbocycles. The lowest BCUT2D eigenvalue weighted by atomic mass is 10.3. The maximum atomic E-state index is 11.9. The van der Waals surface area contributed by atoms with E-state index in [4.69, 9.17) is 4.74 Å². The van der Waals surface area contributed by atoms with Crippen LogP contribution >= 0.6 is 15.9 Å². The lowest BCUT2D eigenvalue weighted by Gasteiger charge is -2.18. The fourth-order valence-electron chi connectivity index (χ4n) is 1.62. The van der Waals surface area contributed by atoms with Crippen LogP contribution in [0, 0.1) is 0 Å². The van der Waals surface area contributed by atoms with Crippen molar-refractivity contribution < 1.29 is 14.3 Å². The molecule has 0 heterocycles. The molecule has 110 valence electrons. The smallest absolute Gasteiger partial charge is 0.320 e. The molecule has 1 aromatic rings. The normalized spacial score (nSPS) is 10.4. The van der Waals surface area contributed by atoms with Crippen molar-refractivity contribution in [1.29, 1.82) is 0 Å². The number of ether oxygens (including phenoxy) is 1. The molecule has 1 aromatic carbocycles. The van der Waals surface area contributed by atoms with Crippen LogP contribution in [0.3, 0.4) is 0 Å².